The first kappa shape index (κ1) is 11.9. The predicted octanol–water partition coefficient (Wildman–Crippen LogP) is -0.411. The molecule has 2 unspecified atom stereocenters. The zero-order valence-electron chi connectivity index (χ0n) is 9.48. The van der Waals surface area contributed by atoms with Crippen molar-refractivity contribution in [2.45, 2.75) is 25.8 Å². The van der Waals surface area contributed by atoms with E-state index in [1.807, 2.05) is 6.92 Å². The van der Waals surface area contributed by atoms with Gasteiger partial charge >= 0.3 is 0 Å². The predicted molar refractivity (Wildman–Crippen MR) is 60.6 cm³/mol. The van der Waals surface area contributed by atoms with Crippen LogP contribution in [0.25, 0.3) is 0 Å². The van der Waals surface area contributed by atoms with Crippen LogP contribution in [0.1, 0.15) is 19.8 Å². The van der Waals surface area contributed by atoms with E-state index in [2.05, 4.69) is 5.32 Å². The summed E-state index contributed by atoms with van der Waals surface area (Å²) in [7, 11) is -2.83. The van der Waals surface area contributed by atoms with Gasteiger partial charge in [0.1, 0.15) is 0 Å². The third-order valence-electron chi connectivity index (χ3n) is 3.35. The van der Waals surface area contributed by atoms with Crippen LogP contribution < -0.4 is 5.32 Å². The normalized spacial score (nSPS) is 33.6. The summed E-state index contributed by atoms with van der Waals surface area (Å²) >= 11 is 0. The van der Waals surface area contributed by atoms with Crippen LogP contribution >= 0.6 is 0 Å². The number of hydrogen-bond donors (Lipinski definition) is 1. The monoisotopic (exact) mass is 246 g/mol. The highest BCUT2D eigenvalue weighted by atomic mass is 32.2. The molecule has 16 heavy (non-hydrogen) atoms. The molecule has 0 saturated carbocycles. The third-order valence-corrected chi connectivity index (χ3v) is 5.19. The topological polar surface area (TPSA) is 66.5 Å². The number of nitrogens with zero attached hydrogens (tertiary/aromatic N) is 1. The fourth-order valence-electron chi connectivity index (χ4n) is 2.41. The molecule has 2 atom stereocenters. The smallest absolute Gasteiger partial charge is 0.240 e. The lowest BCUT2D eigenvalue weighted by Crippen LogP contribution is -2.34. The summed E-state index contributed by atoms with van der Waals surface area (Å²) in [5.41, 5.74) is 0. The highest BCUT2D eigenvalue weighted by Crippen LogP contribution is 2.20. The van der Waals surface area contributed by atoms with E-state index < -0.39 is 9.84 Å². The first-order valence-corrected chi connectivity index (χ1v) is 7.56. The molecule has 1 N–H and O–H groups in total. The molecule has 1 amide bonds. The average molecular weight is 246 g/mol. The standard InChI is InChI=1S/C10H18N2O3S/c1-2-9-10(13)12(7-11-9)5-8-3-4-16(14,15)6-8/h8-9,11H,2-7H2,1H3. The Labute approximate surface area is 96.1 Å². The van der Waals surface area contributed by atoms with Crippen molar-refractivity contribution in [2.75, 3.05) is 24.7 Å². The number of carbonyl (C=O) groups excluding carboxylic acids is 1. The van der Waals surface area contributed by atoms with Gasteiger partial charge in [-0.25, -0.2) is 8.42 Å². The Morgan fingerprint density at radius 3 is 2.75 bits per heavy atom. The van der Waals surface area contributed by atoms with E-state index in [0.717, 1.165) is 6.42 Å². The maximum Gasteiger partial charge on any atom is 0.240 e. The Balaban J connectivity index is 1.90. The summed E-state index contributed by atoms with van der Waals surface area (Å²) < 4.78 is 22.6. The van der Waals surface area contributed by atoms with Crippen molar-refractivity contribution in [1.29, 1.82) is 0 Å². The number of nitrogens with one attached hydrogen (secondary N) is 1. The molecule has 2 heterocycles. The largest absolute Gasteiger partial charge is 0.328 e. The molecule has 2 aliphatic heterocycles. The minimum Gasteiger partial charge on any atom is -0.328 e. The molecule has 0 aromatic heterocycles. The molecule has 2 rings (SSSR count). The van der Waals surface area contributed by atoms with E-state index in [0.29, 0.717) is 19.6 Å². The highest BCUT2D eigenvalue weighted by Gasteiger charge is 2.34. The van der Waals surface area contributed by atoms with Gasteiger partial charge in [-0.1, -0.05) is 6.92 Å². The van der Waals surface area contributed by atoms with Gasteiger partial charge in [-0.15, -0.1) is 0 Å². The molecule has 0 bridgehead atoms. The molecule has 2 aliphatic rings. The minimum absolute atomic E-state index is 0.0713. The van der Waals surface area contributed by atoms with E-state index in [-0.39, 0.29) is 29.4 Å². The summed E-state index contributed by atoms with van der Waals surface area (Å²) in [5, 5.41) is 3.13. The summed E-state index contributed by atoms with van der Waals surface area (Å²) in [5.74, 6) is 0.774. The quantitative estimate of drug-likeness (QED) is 0.735. The van der Waals surface area contributed by atoms with Gasteiger partial charge in [-0.3, -0.25) is 10.1 Å². The van der Waals surface area contributed by atoms with Crippen LogP contribution in [-0.2, 0) is 14.6 Å². The van der Waals surface area contributed by atoms with Crippen LogP contribution in [-0.4, -0.2) is 50.0 Å². The molecular weight excluding hydrogens is 228 g/mol. The number of hydrogen-bond acceptors (Lipinski definition) is 4. The summed E-state index contributed by atoms with van der Waals surface area (Å²) in [6, 6.07) is -0.0713. The molecule has 92 valence electrons. The maximum atomic E-state index is 11.8. The van der Waals surface area contributed by atoms with Gasteiger partial charge in [0, 0.05) is 6.54 Å². The van der Waals surface area contributed by atoms with Gasteiger partial charge in [-0.2, -0.15) is 0 Å². The van der Waals surface area contributed by atoms with E-state index in [1.165, 1.54) is 0 Å². The molecule has 6 heteroatoms. The van der Waals surface area contributed by atoms with Crippen molar-refractivity contribution in [3.63, 3.8) is 0 Å². The van der Waals surface area contributed by atoms with E-state index in [1.54, 1.807) is 4.90 Å². The second-order valence-corrected chi connectivity index (χ2v) is 6.88. The first-order chi connectivity index (χ1) is 7.52. The molecule has 2 saturated heterocycles. The van der Waals surface area contributed by atoms with Gasteiger partial charge in [0.2, 0.25) is 5.91 Å². The Hall–Kier alpha value is -0.620. The van der Waals surface area contributed by atoms with Gasteiger partial charge in [-0.05, 0) is 18.8 Å². The fraction of sp³-hybridized carbons (Fsp3) is 0.900. The number of sulfone groups is 1. The van der Waals surface area contributed by atoms with Crippen LogP contribution in [0, 0.1) is 5.92 Å². The van der Waals surface area contributed by atoms with Gasteiger partial charge in [0.25, 0.3) is 0 Å². The Morgan fingerprint density at radius 1 is 1.50 bits per heavy atom. The van der Waals surface area contributed by atoms with Crippen LogP contribution in [0.5, 0.6) is 0 Å². The Morgan fingerprint density at radius 2 is 2.25 bits per heavy atom. The van der Waals surface area contributed by atoms with Gasteiger partial charge < -0.3 is 4.90 Å². The van der Waals surface area contributed by atoms with Crippen LogP contribution in [0.3, 0.4) is 0 Å². The Bertz CT molecular complexity index is 380. The van der Waals surface area contributed by atoms with Crippen molar-refractivity contribution in [2.24, 2.45) is 5.92 Å². The molecule has 0 aliphatic carbocycles. The number of amides is 1. The second-order valence-electron chi connectivity index (χ2n) is 4.65. The average Bonchev–Trinajstić information content (AvgIpc) is 2.72. The van der Waals surface area contributed by atoms with Crippen LogP contribution in [0.15, 0.2) is 0 Å². The van der Waals surface area contributed by atoms with E-state index >= 15 is 0 Å². The summed E-state index contributed by atoms with van der Waals surface area (Å²) in [4.78, 5) is 13.5. The third kappa shape index (κ3) is 2.38. The lowest BCUT2D eigenvalue weighted by Gasteiger charge is -2.18. The maximum absolute atomic E-state index is 11.8. The molecule has 0 aromatic rings. The summed E-state index contributed by atoms with van der Waals surface area (Å²) in [6.07, 6.45) is 1.49. The molecule has 2 fully saturated rings. The minimum atomic E-state index is -2.83. The molecule has 0 aromatic carbocycles. The van der Waals surface area contributed by atoms with Crippen molar-refractivity contribution in [3.8, 4) is 0 Å². The molecule has 0 radical (unpaired) electrons. The molecule has 5 nitrogen and oxygen atoms in total. The van der Waals surface area contributed by atoms with Crippen LogP contribution in [0.4, 0.5) is 0 Å². The molecular formula is C10H18N2O3S. The first-order valence-electron chi connectivity index (χ1n) is 5.74. The van der Waals surface area contributed by atoms with E-state index in [4.69, 9.17) is 0 Å². The number of carbonyl (C=O) groups is 1. The Kier molecular flexibility index (Phi) is 3.21. The zero-order valence-corrected chi connectivity index (χ0v) is 10.3. The molecule has 0 spiro atoms. The highest BCUT2D eigenvalue weighted by molar-refractivity contribution is 7.91. The van der Waals surface area contributed by atoms with Crippen molar-refractivity contribution < 1.29 is 13.2 Å². The zero-order chi connectivity index (χ0) is 11.8. The second kappa shape index (κ2) is 4.33. The van der Waals surface area contributed by atoms with Gasteiger partial charge in [0.05, 0.1) is 24.2 Å². The van der Waals surface area contributed by atoms with Gasteiger partial charge in [0.15, 0.2) is 9.84 Å². The lowest BCUT2D eigenvalue weighted by molar-refractivity contribution is -0.129. The SMILES string of the molecule is CCC1NCN(CC2CCS(=O)(=O)C2)C1=O. The number of rotatable bonds is 3. The van der Waals surface area contributed by atoms with E-state index in [9.17, 15) is 13.2 Å². The fourth-order valence-corrected chi connectivity index (χ4v) is 4.26. The van der Waals surface area contributed by atoms with Crippen molar-refractivity contribution in [1.82, 2.24) is 10.2 Å². The van der Waals surface area contributed by atoms with Crippen molar-refractivity contribution >= 4 is 15.7 Å². The lowest BCUT2D eigenvalue weighted by atomic mass is 10.1. The van der Waals surface area contributed by atoms with Crippen molar-refractivity contribution in [3.05, 3.63) is 0 Å². The summed E-state index contributed by atoms with van der Waals surface area (Å²) in [6.45, 7) is 3.12. The van der Waals surface area contributed by atoms with Crippen LogP contribution in [0.2, 0.25) is 0 Å².